The highest BCUT2D eigenvalue weighted by Gasteiger charge is 2.38. The second-order valence-corrected chi connectivity index (χ2v) is 4.50. The van der Waals surface area contributed by atoms with Crippen molar-refractivity contribution < 1.29 is 9.21 Å². The van der Waals surface area contributed by atoms with Gasteiger partial charge in [-0.2, -0.15) is 4.99 Å². The number of hydrogen-bond donors (Lipinski definition) is 0. The molecule has 4 heteroatoms. The summed E-state index contributed by atoms with van der Waals surface area (Å²) in [5, 5.41) is 0. The Labute approximate surface area is 104 Å². The lowest BCUT2D eigenvalue weighted by Crippen LogP contribution is -2.31. The number of hydrogen-bond acceptors (Lipinski definition) is 4. The fourth-order valence-corrected chi connectivity index (χ4v) is 2.35. The molecule has 1 aliphatic carbocycles. The van der Waals surface area contributed by atoms with Gasteiger partial charge in [0.05, 0.1) is 11.7 Å². The Morgan fingerprint density at radius 2 is 2.06 bits per heavy atom. The van der Waals surface area contributed by atoms with Crippen LogP contribution in [0.15, 0.2) is 46.1 Å². The predicted octanol–water partition coefficient (Wildman–Crippen LogP) is 3.06. The molecule has 3 rings (SSSR count). The molecule has 0 N–H and O–H groups in total. The summed E-state index contributed by atoms with van der Waals surface area (Å²) >= 11 is 0. The van der Waals surface area contributed by atoms with Crippen LogP contribution in [0.3, 0.4) is 0 Å². The van der Waals surface area contributed by atoms with Gasteiger partial charge in [-0.3, -0.25) is 0 Å². The first-order chi connectivity index (χ1) is 8.84. The molecular weight excluding hydrogens is 228 g/mol. The number of carbonyl (C=O) groups excluding carboxylic acids is 1. The van der Waals surface area contributed by atoms with Gasteiger partial charge in [-0.15, -0.1) is 0 Å². The molecule has 0 unspecified atom stereocenters. The Morgan fingerprint density at radius 3 is 2.56 bits per heavy atom. The van der Waals surface area contributed by atoms with Gasteiger partial charge in [0.15, 0.2) is 0 Å². The molecule has 18 heavy (non-hydrogen) atoms. The Kier molecular flexibility index (Phi) is 2.58. The average Bonchev–Trinajstić information content (AvgIpc) is 2.88. The Bertz CT molecular complexity index is 577. The maximum absolute atomic E-state index is 10.5. The lowest BCUT2D eigenvalue weighted by molar-refractivity contribution is 0.256. The molecule has 4 nitrogen and oxygen atoms in total. The zero-order valence-corrected chi connectivity index (χ0v) is 9.80. The van der Waals surface area contributed by atoms with Crippen molar-refractivity contribution in [1.82, 2.24) is 4.98 Å². The molecule has 0 amide bonds. The molecule has 0 spiro atoms. The number of rotatable bonds is 3. The van der Waals surface area contributed by atoms with Crippen LogP contribution in [-0.4, -0.2) is 11.1 Å². The minimum absolute atomic E-state index is 0.336. The predicted molar refractivity (Wildman–Crippen MR) is 65.6 cm³/mol. The van der Waals surface area contributed by atoms with E-state index in [0.717, 1.165) is 30.4 Å². The summed E-state index contributed by atoms with van der Waals surface area (Å²) in [4.78, 5) is 18.6. The third-order valence-corrected chi connectivity index (χ3v) is 3.54. The van der Waals surface area contributed by atoms with Gasteiger partial charge in [0, 0.05) is 5.56 Å². The van der Waals surface area contributed by atoms with Gasteiger partial charge in [-0.25, -0.2) is 9.78 Å². The summed E-state index contributed by atoms with van der Waals surface area (Å²) in [5.74, 6) is 0.600. The standard InChI is InChI=1S/C14H12N2O2/c17-10-16-14(6-1-7-14)12-4-2-11(3-5-12)13-15-8-9-18-13/h2-5,8-9H,1,6-7H2. The molecule has 90 valence electrons. The first kappa shape index (κ1) is 10.9. The Hall–Kier alpha value is -2.19. The van der Waals surface area contributed by atoms with E-state index < -0.39 is 0 Å². The molecule has 0 saturated heterocycles. The summed E-state index contributed by atoms with van der Waals surface area (Å²) in [6.07, 6.45) is 7.80. The van der Waals surface area contributed by atoms with Crippen LogP contribution in [0.1, 0.15) is 24.8 Å². The molecule has 1 aromatic heterocycles. The Morgan fingerprint density at radius 1 is 1.28 bits per heavy atom. The van der Waals surface area contributed by atoms with Gasteiger partial charge in [0.1, 0.15) is 6.26 Å². The van der Waals surface area contributed by atoms with Crippen LogP contribution in [0.4, 0.5) is 0 Å². The summed E-state index contributed by atoms with van der Waals surface area (Å²) in [6.45, 7) is 0. The van der Waals surface area contributed by atoms with Gasteiger partial charge >= 0.3 is 0 Å². The van der Waals surface area contributed by atoms with Gasteiger partial charge < -0.3 is 4.42 Å². The highest BCUT2D eigenvalue weighted by molar-refractivity contribution is 5.54. The van der Waals surface area contributed by atoms with Crippen molar-refractivity contribution in [3.8, 4) is 11.5 Å². The Balaban J connectivity index is 1.94. The minimum Gasteiger partial charge on any atom is -0.445 e. The second kappa shape index (κ2) is 4.24. The van der Waals surface area contributed by atoms with Crippen LogP contribution < -0.4 is 0 Å². The number of aromatic nitrogens is 1. The van der Waals surface area contributed by atoms with Crippen LogP contribution in [-0.2, 0) is 10.3 Å². The molecule has 1 fully saturated rings. The van der Waals surface area contributed by atoms with Crippen molar-refractivity contribution in [2.75, 3.05) is 0 Å². The molecule has 0 radical (unpaired) electrons. The van der Waals surface area contributed by atoms with Crippen molar-refractivity contribution in [3.05, 3.63) is 42.3 Å². The van der Waals surface area contributed by atoms with Crippen molar-refractivity contribution >= 4 is 6.08 Å². The lowest BCUT2D eigenvalue weighted by atomic mass is 9.72. The maximum Gasteiger partial charge on any atom is 0.235 e. The molecular formula is C14H12N2O2. The number of aliphatic imine (C=N–C) groups is 1. The number of oxazole rings is 1. The normalized spacial score (nSPS) is 16.7. The van der Waals surface area contributed by atoms with E-state index in [2.05, 4.69) is 9.98 Å². The van der Waals surface area contributed by atoms with E-state index in [-0.39, 0.29) is 5.54 Å². The first-order valence-electron chi connectivity index (χ1n) is 5.93. The van der Waals surface area contributed by atoms with Gasteiger partial charge in [-0.05, 0) is 37.0 Å². The van der Waals surface area contributed by atoms with Crippen LogP contribution in [0, 0.1) is 0 Å². The SMILES string of the molecule is O=C=NC1(c2ccc(-c3ncco3)cc2)CCC1. The largest absolute Gasteiger partial charge is 0.445 e. The lowest BCUT2D eigenvalue weighted by Gasteiger charge is -2.37. The molecule has 0 aliphatic heterocycles. The van der Waals surface area contributed by atoms with Gasteiger partial charge in [0.25, 0.3) is 0 Å². The fraction of sp³-hybridized carbons (Fsp3) is 0.286. The van der Waals surface area contributed by atoms with Crippen LogP contribution >= 0.6 is 0 Å². The number of nitrogens with zero attached hydrogens (tertiary/aromatic N) is 2. The van der Waals surface area contributed by atoms with Crippen LogP contribution in [0.25, 0.3) is 11.5 Å². The van der Waals surface area contributed by atoms with Crippen molar-refractivity contribution in [2.45, 2.75) is 24.8 Å². The first-order valence-corrected chi connectivity index (χ1v) is 5.93. The highest BCUT2D eigenvalue weighted by atomic mass is 16.3. The highest BCUT2D eigenvalue weighted by Crippen LogP contribution is 2.44. The molecule has 2 aromatic rings. The third-order valence-electron chi connectivity index (χ3n) is 3.54. The quantitative estimate of drug-likeness (QED) is 0.612. The minimum atomic E-state index is -0.336. The third kappa shape index (κ3) is 1.67. The monoisotopic (exact) mass is 240 g/mol. The molecule has 1 aliphatic rings. The van der Waals surface area contributed by atoms with E-state index in [4.69, 9.17) is 4.42 Å². The number of benzene rings is 1. The zero-order chi connectivity index (χ0) is 12.4. The average molecular weight is 240 g/mol. The fourth-order valence-electron chi connectivity index (χ4n) is 2.35. The van der Waals surface area contributed by atoms with Crippen LogP contribution in [0.2, 0.25) is 0 Å². The van der Waals surface area contributed by atoms with Crippen LogP contribution in [0.5, 0.6) is 0 Å². The summed E-state index contributed by atoms with van der Waals surface area (Å²) in [6, 6.07) is 7.86. The van der Waals surface area contributed by atoms with Crippen molar-refractivity contribution in [3.63, 3.8) is 0 Å². The summed E-state index contributed by atoms with van der Waals surface area (Å²) in [5.41, 5.74) is 1.65. The summed E-state index contributed by atoms with van der Waals surface area (Å²) < 4.78 is 5.24. The van der Waals surface area contributed by atoms with E-state index in [0.29, 0.717) is 5.89 Å². The van der Waals surface area contributed by atoms with Gasteiger partial charge in [0.2, 0.25) is 12.0 Å². The molecule has 0 atom stereocenters. The topological polar surface area (TPSA) is 55.5 Å². The van der Waals surface area contributed by atoms with Gasteiger partial charge in [-0.1, -0.05) is 12.1 Å². The molecule has 1 aromatic carbocycles. The van der Waals surface area contributed by atoms with Crippen molar-refractivity contribution in [2.24, 2.45) is 4.99 Å². The summed E-state index contributed by atoms with van der Waals surface area (Å²) in [7, 11) is 0. The molecule has 1 saturated carbocycles. The van der Waals surface area contributed by atoms with E-state index >= 15 is 0 Å². The maximum atomic E-state index is 10.5. The second-order valence-electron chi connectivity index (χ2n) is 4.50. The molecule has 0 bridgehead atoms. The van der Waals surface area contributed by atoms with E-state index in [1.54, 1.807) is 18.5 Å². The van der Waals surface area contributed by atoms with E-state index in [1.165, 1.54) is 0 Å². The van der Waals surface area contributed by atoms with E-state index in [1.807, 2.05) is 24.3 Å². The smallest absolute Gasteiger partial charge is 0.235 e. The van der Waals surface area contributed by atoms with E-state index in [9.17, 15) is 4.79 Å². The number of isocyanates is 1. The zero-order valence-electron chi connectivity index (χ0n) is 9.80. The van der Waals surface area contributed by atoms with Crippen molar-refractivity contribution in [1.29, 1.82) is 0 Å². The molecule has 1 heterocycles.